The Kier molecular flexibility index (Phi) is 3.50. The predicted octanol–water partition coefficient (Wildman–Crippen LogP) is 4.73. The number of H-pyrrole nitrogens is 1. The van der Waals surface area contributed by atoms with Crippen LogP contribution in [0.25, 0.3) is 11.3 Å². The van der Waals surface area contributed by atoms with Gasteiger partial charge >= 0.3 is 0 Å². The third-order valence-electron chi connectivity index (χ3n) is 2.44. The van der Waals surface area contributed by atoms with Gasteiger partial charge < -0.3 is 0 Å². The SMILES string of the molecule is CC(C)c1[nH]nc(-c2ccccc2Br)c1Br. The fraction of sp³-hybridized carbons (Fsp3) is 0.250. The molecule has 0 saturated carbocycles. The van der Waals surface area contributed by atoms with Crippen LogP contribution in [0.4, 0.5) is 0 Å². The molecule has 16 heavy (non-hydrogen) atoms. The quantitative estimate of drug-likeness (QED) is 0.839. The Balaban J connectivity index is 2.54. The Morgan fingerprint density at radius 1 is 1.19 bits per heavy atom. The average Bonchev–Trinajstić information content (AvgIpc) is 2.61. The topological polar surface area (TPSA) is 28.7 Å². The lowest BCUT2D eigenvalue weighted by Gasteiger charge is -2.03. The van der Waals surface area contributed by atoms with Crippen LogP contribution < -0.4 is 0 Å². The molecule has 0 radical (unpaired) electrons. The number of halogens is 2. The van der Waals surface area contributed by atoms with E-state index in [-0.39, 0.29) is 0 Å². The van der Waals surface area contributed by atoms with Gasteiger partial charge in [-0.3, -0.25) is 5.10 Å². The van der Waals surface area contributed by atoms with Gasteiger partial charge in [0.05, 0.1) is 10.2 Å². The summed E-state index contributed by atoms with van der Waals surface area (Å²) in [5, 5.41) is 7.45. The highest BCUT2D eigenvalue weighted by Gasteiger charge is 2.15. The first-order valence-corrected chi connectivity index (χ1v) is 6.68. The summed E-state index contributed by atoms with van der Waals surface area (Å²) in [6.07, 6.45) is 0. The highest BCUT2D eigenvalue weighted by atomic mass is 79.9. The summed E-state index contributed by atoms with van der Waals surface area (Å²) < 4.78 is 2.10. The monoisotopic (exact) mass is 342 g/mol. The lowest BCUT2D eigenvalue weighted by molar-refractivity contribution is 0.807. The van der Waals surface area contributed by atoms with E-state index in [1.807, 2.05) is 18.2 Å². The minimum absolute atomic E-state index is 0.429. The number of rotatable bonds is 2. The molecule has 1 aromatic heterocycles. The molecule has 0 spiro atoms. The molecule has 2 nitrogen and oxygen atoms in total. The Morgan fingerprint density at radius 2 is 1.88 bits per heavy atom. The minimum Gasteiger partial charge on any atom is -0.281 e. The standard InChI is InChI=1S/C12H12Br2N2/c1-7(2)11-10(14)12(16-15-11)8-5-3-4-6-9(8)13/h3-7H,1-2H3,(H,15,16). The molecule has 0 aliphatic carbocycles. The van der Waals surface area contributed by atoms with Crippen molar-refractivity contribution in [2.45, 2.75) is 19.8 Å². The van der Waals surface area contributed by atoms with E-state index in [2.05, 4.69) is 62.0 Å². The normalized spacial score (nSPS) is 11.1. The summed E-state index contributed by atoms with van der Waals surface area (Å²) in [4.78, 5) is 0. The lowest BCUT2D eigenvalue weighted by atomic mass is 10.1. The van der Waals surface area contributed by atoms with E-state index in [0.29, 0.717) is 5.92 Å². The molecule has 0 amide bonds. The third kappa shape index (κ3) is 2.09. The summed E-state index contributed by atoms with van der Waals surface area (Å²) in [5.41, 5.74) is 3.18. The maximum Gasteiger partial charge on any atom is 0.108 e. The number of hydrogen-bond donors (Lipinski definition) is 1. The Bertz CT molecular complexity index is 503. The van der Waals surface area contributed by atoms with E-state index in [1.165, 1.54) is 0 Å². The van der Waals surface area contributed by atoms with Crippen LogP contribution in [0.5, 0.6) is 0 Å². The van der Waals surface area contributed by atoms with Crippen molar-refractivity contribution >= 4 is 31.9 Å². The van der Waals surface area contributed by atoms with Crippen molar-refractivity contribution in [3.63, 3.8) is 0 Å². The number of hydrogen-bond acceptors (Lipinski definition) is 1. The predicted molar refractivity (Wildman–Crippen MR) is 73.5 cm³/mol. The molecular formula is C12H12Br2N2. The van der Waals surface area contributed by atoms with Crippen molar-refractivity contribution in [2.24, 2.45) is 0 Å². The zero-order valence-corrected chi connectivity index (χ0v) is 12.3. The van der Waals surface area contributed by atoms with Gasteiger partial charge in [-0.25, -0.2) is 0 Å². The molecule has 1 aromatic carbocycles. The van der Waals surface area contributed by atoms with Gasteiger partial charge in [0.1, 0.15) is 5.69 Å². The lowest BCUT2D eigenvalue weighted by Crippen LogP contribution is -1.87. The molecule has 1 N–H and O–H groups in total. The van der Waals surface area contributed by atoms with Crippen LogP contribution in [0.2, 0.25) is 0 Å². The third-order valence-corrected chi connectivity index (χ3v) is 3.93. The van der Waals surface area contributed by atoms with Gasteiger partial charge in [0, 0.05) is 10.0 Å². The van der Waals surface area contributed by atoms with Crippen LogP contribution in [0.3, 0.4) is 0 Å². The number of nitrogens with zero attached hydrogens (tertiary/aromatic N) is 1. The molecular weight excluding hydrogens is 332 g/mol. The second kappa shape index (κ2) is 4.72. The Labute approximate surface area is 112 Å². The molecule has 0 unspecified atom stereocenters. The number of aromatic nitrogens is 2. The van der Waals surface area contributed by atoms with Crippen LogP contribution in [0, 0.1) is 0 Å². The molecule has 0 saturated heterocycles. The summed E-state index contributed by atoms with van der Waals surface area (Å²) in [6, 6.07) is 8.08. The Hall–Kier alpha value is -0.610. The smallest absolute Gasteiger partial charge is 0.108 e. The number of nitrogens with one attached hydrogen (secondary N) is 1. The first-order valence-electron chi connectivity index (χ1n) is 5.10. The van der Waals surface area contributed by atoms with Crippen molar-refractivity contribution < 1.29 is 0 Å². The van der Waals surface area contributed by atoms with Crippen molar-refractivity contribution in [2.75, 3.05) is 0 Å². The fourth-order valence-electron chi connectivity index (χ4n) is 1.56. The average molecular weight is 344 g/mol. The first kappa shape index (κ1) is 11.9. The van der Waals surface area contributed by atoms with Gasteiger partial charge in [0.15, 0.2) is 0 Å². The fourth-order valence-corrected chi connectivity index (χ4v) is 2.88. The maximum absolute atomic E-state index is 4.37. The van der Waals surface area contributed by atoms with Crippen LogP contribution >= 0.6 is 31.9 Å². The van der Waals surface area contributed by atoms with E-state index in [0.717, 1.165) is 25.9 Å². The molecule has 84 valence electrons. The number of aromatic amines is 1. The van der Waals surface area contributed by atoms with Gasteiger partial charge in [-0.1, -0.05) is 48.0 Å². The molecule has 1 heterocycles. The molecule has 0 aliphatic heterocycles. The molecule has 2 aromatic rings. The molecule has 4 heteroatoms. The van der Waals surface area contributed by atoms with Crippen LogP contribution in [-0.2, 0) is 0 Å². The van der Waals surface area contributed by atoms with Gasteiger partial charge in [0.25, 0.3) is 0 Å². The zero-order chi connectivity index (χ0) is 11.7. The van der Waals surface area contributed by atoms with Crippen molar-refractivity contribution in [3.8, 4) is 11.3 Å². The van der Waals surface area contributed by atoms with Crippen LogP contribution in [0.15, 0.2) is 33.2 Å². The van der Waals surface area contributed by atoms with E-state index in [4.69, 9.17) is 0 Å². The van der Waals surface area contributed by atoms with Crippen molar-refractivity contribution in [3.05, 3.63) is 38.9 Å². The zero-order valence-electron chi connectivity index (χ0n) is 9.09. The molecule has 0 fully saturated rings. The van der Waals surface area contributed by atoms with E-state index >= 15 is 0 Å². The second-order valence-electron chi connectivity index (χ2n) is 3.93. The van der Waals surface area contributed by atoms with Gasteiger partial charge in [-0.05, 0) is 27.9 Å². The van der Waals surface area contributed by atoms with Gasteiger partial charge in [-0.15, -0.1) is 0 Å². The minimum atomic E-state index is 0.429. The summed E-state index contributed by atoms with van der Waals surface area (Å²) >= 11 is 7.15. The molecule has 2 rings (SSSR count). The Morgan fingerprint density at radius 3 is 2.44 bits per heavy atom. The van der Waals surface area contributed by atoms with Crippen molar-refractivity contribution in [1.82, 2.24) is 10.2 Å². The van der Waals surface area contributed by atoms with Gasteiger partial charge in [-0.2, -0.15) is 5.10 Å². The first-order chi connectivity index (χ1) is 7.61. The second-order valence-corrected chi connectivity index (χ2v) is 5.58. The van der Waals surface area contributed by atoms with Crippen molar-refractivity contribution in [1.29, 1.82) is 0 Å². The molecule has 0 bridgehead atoms. The summed E-state index contributed by atoms with van der Waals surface area (Å²) in [7, 11) is 0. The van der Waals surface area contributed by atoms with E-state index in [1.54, 1.807) is 0 Å². The largest absolute Gasteiger partial charge is 0.281 e. The van der Waals surface area contributed by atoms with Crippen LogP contribution in [-0.4, -0.2) is 10.2 Å². The number of benzene rings is 1. The maximum atomic E-state index is 4.37. The summed E-state index contributed by atoms with van der Waals surface area (Å²) in [6.45, 7) is 4.28. The molecule has 0 atom stereocenters. The van der Waals surface area contributed by atoms with E-state index in [9.17, 15) is 0 Å². The molecule has 0 aliphatic rings. The van der Waals surface area contributed by atoms with E-state index < -0.39 is 0 Å². The highest BCUT2D eigenvalue weighted by Crippen LogP contribution is 2.35. The summed E-state index contributed by atoms with van der Waals surface area (Å²) in [5.74, 6) is 0.429. The van der Waals surface area contributed by atoms with Crippen LogP contribution in [0.1, 0.15) is 25.5 Å². The van der Waals surface area contributed by atoms with Gasteiger partial charge in [0.2, 0.25) is 0 Å². The highest BCUT2D eigenvalue weighted by molar-refractivity contribution is 9.11.